The molecule has 0 saturated heterocycles. The van der Waals surface area contributed by atoms with Crippen molar-refractivity contribution in [1.29, 1.82) is 0 Å². The van der Waals surface area contributed by atoms with E-state index in [-0.39, 0.29) is 11.7 Å². The second kappa shape index (κ2) is 12.3. The van der Waals surface area contributed by atoms with Crippen LogP contribution in [0.1, 0.15) is 49.0 Å². The van der Waals surface area contributed by atoms with Gasteiger partial charge in [0.1, 0.15) is 11.5 Å². The number of ether oxygens (including phenoxy) is 2. The lowest BCUT2D eigenvalue weighted by atomic mass is 10.0. The summed E-state index contributed by atoms with van der Waals surface area (Å²) in [5.41, 5.74) is 6.39. The van der Waals surface area contributed by atoms with Gasteiger partial charge in [-0.3, -0.25) is 25.8 Å². The number of hydrogen-bond donors (Lipinski definition) is 3. The van der Waals surface area contributed by atoms with Gasteiger partial charge in [-0.2, -0.15) is 0 Å². The van der Waals surface area contributed by atoms with E-state index in [0.717, 1.165) is 16.5 Å². The van der Waals surface area contributed by atoms with Crippen molar-refractivity contribution in [3.05, 3.63) is 58.1 Å². The molecular weight excluding hydrogens is 482 g/mol. The molecule has 0 aliphatic rings. The second-order valence-electron chi connectivity index (χ2n) is 6.93. The van der Waals surface area contributed by atoms with Crippen molar-refractivity contribution in [2.24, 2.45) is 0 Å². The van der Waals surface area contributed by atoms with Crippen LogP contribution in [-0.4, -0.2) is 30.1 Å². The van der Waals surface area contributed by atoms with Crippen LogP contribution in [0.5, 0.6) is 11.5 Å². The van der Waals surface area contributed by atoms with Crippen molar-refractivity contribution in [3.8, 4) is 11.5 Å². The number of nitrogens with one attached hydrogen (secondary N) is 3. The number of para-hydroxylation sites is 1. The van der Waals surface area contributed by atoms with Gasteiger partial charge in [0, 0.05) is 0 Å². The summed E-state index contributed by atoms with van der Waals surface area (Å²) in [4.78, 5) is 24.5. The van der Waals surface area contributed by atoms with E-state index in [4.69, 9.17) is 21.7 Å². The minimum absolute atomic E-state index is 0.0499. The number of carbonyl (C=O) groups excluding carboxylic acids is 2. The van der Waals surface area contributed by atoms with E-state index in [1.165, 1.54) is 0 Å². The molecule has 0 aromatic heterocycles. The largest absolute Gasteiger partial charge is 0.493 e. The van der Waals surface area contributed by atoms with Gasteiger partial charge in [0.15, 0.2) is 11.7 Å². The fourth-order valence-electron chi connectivity index (χ4n) is 2.49. The van der Waals surface area contributed by atoms with E-state index in [0.29, 0.717) is 29.6 Å². The summed E-state index contributed by atoms with van der Waals surface area (Å²) >= 11 is 8.52. The quantitative estimate of drug-likeness (QED) is 0.368. The summed E-state index contributed by atoms with van der Waals surface area (Å²) in [7, 11) is 0. The molecule has 3 N–H and O–H groups in total. The standard InChI is InChI=1S/C22H26BrN3O4S/c1-4-11-29-18-8-6-5-7-16(18)21(28)24-22(31)26-25-20(27)13-30-19-10-9-15(14(2)3)12-17(19)23/h5-10,12,14H,4,11,13H2,1-3H3,(H,25,27)(H2,24,26,28,31). The van der Waals surface area contributed by atoms with Crippen LogP contribution in [0.15, 0.2) is 46.9 Å². The van der Waals surface area contributed by atoms with Crippen molar-refractivity contribution in [2.75, 3.05) is 13.2 Å². The van der Waals surface area contributed by atoms with Crippen LogP contribution in [0.3, 0.4) is 0 Å². The Bertz CT molecular complexity index is 937. The van der Waals surface area contributed by atoms with E-state index in [1.54, 1.807) is 24.3 Å². The summed E-state index contributed by atoms with van der Waals surface area (Å²) in [6.07, 6.45) is 0.822. The van der Waals surface area contributed by atoms with Crippen LogP contribution >= 0.6 is 28.1 Å². The molecule has 0 aliphatic heterocycles. The van der Waals surface area contributed by atoms with Gasteiger partial charge < -0.3 is 9.47 Å². The van der Waals surface area contributed by atoms with Gasteiger partial charge >= 0.3 is 0 Å². The molecule has 2 aromatic rings. The number of hydrogen-bond acceptors (Lipinski definition) is 5. The number of carbonyl (C=O) groups is 2. The van der Waals surface area contributed by atoms with Gasteiger partial charge in [0.05, 0.1) is 16.6 Å². The third kappa shape index (κ3) is 7.84. The zero-order valence-electron chi connectivity index (χ0n) is 17.7. The third-order valence-corrected chi connectivity index (χ3v) is 4.94. The zero-order valence-corrected chi connectivity index (χ0v) is 20.1. The highest BCUT2D eigenvalue weighted by Crippen LogP contribution is 2.28. The highest BCUT2D eigenvalue weighted by Gasteiger charge is 2.14. The van der Waals surface area contributed by atoms with Crippen LogP contribution in [0.4, 0.5) is 0 Å². The molecule has 0 atom stereocenters. The van der Waals surface area contributed by atoms with E-state index >= 15 is 0 Å². The van der Waals surface area contributed by atoms with Crippen molar-refractivity contribution in [1.82, 2.24) is 16.2 Å². The molecule has 0 unspecified atom stereocenters. The molecule has 0 fully saturated rings. The maximum atomic E-state index is 12.4. The Morgan fingerprint density at radius 2 is 1.81 bits per heavy atom. The van der Waals surface area contributed by atoms with Crippen molar-refractivity contribution in [2.45, 2.75) is 33.1 Å². The predicted molar refractivity (Wildman–Crippen MR) is 127 cm³/mol. The summed E-state index contributed by atoms with van der Waals surface area (Å²) in [5, 5.41) is 2.46. The van der Waals surface area contributed by atoms with Gasteiger partial charge in [-0.15, -0.1) is 0 Å². The molecule has 0 spiro atoms. The monoisotopic (exact) mass is 507 g/mol. The molecule has 9 heteroatoms. The molecule has 0 heterocycles. The van der Waals surface area contributed by atoms with Gasteiger partial charge in [0.2, 0.25) is 0 Å². The molecule has 0 saturated carbocycles. The summed E-state index contributed by atoms with van der Waals surface area (Å²) in [5.74, 6) is 0.515. The minimum Gasteiger partial charge on any atom is -0.493 e. The Labute approximate surface area is 196 Å². The molecular formula is C22H26BrN3O4S. The Morgan fingerprint density at radius 3 is 2.48 bits per heavy atom. The number of thiocarbonyl (C=S) groups is 1. The first-order valence-corrected chi connectivity index (χ1v) is 11.1. The van der Waals surface area contributed by atoms with E-state index in [2.05, 4.69) is 45.9 Å². The van der Waals surface area contributed by atoms with Crippen LogP contribution in [0, 0.1) is 0 Å². The van der Waals surface area contributed by atoms with Crippen molar-refractivity contribution in [3.63, 3.8) is 0 Å². The first-order valence-electron chi connectivity index (χ1n) is 9.86. The fourth-order valence-corrected chi connectivity index (χ4v) is 3.15. The maximum absolute atomic E-state index is 12.4. The Morgan fingerprint density at radius 1 is 1.06 bits per heavy atom. The zero-order chi connectivity index (χ0) is 22.8. The van der Waals surface area contributed by atoms with Gasteiger partial charge in [0.25, 0.3) is 11.8 Å². The molecule has 2 amide bonds. The Balaban J connectivity index is 1.81. The first kappa shape index (κ1) is 24.6. The topological polar surface area (TPSA) is 88.7 Å². The highest BCUT2D eigenvalue weighted by molar-refractivity contribution is 9.10. The average Bonchev–Trinajstić information content (AvgIpc) is 2.75. The third-order valence-electron chi connectivity index (χ3n) is 4.12. The lowest BCUT2D eigenvalue weighted by Crippen LogP contribution is -2.49. The summed E-state index contributed by atoms with van der Waals surface area (Å²) in [6.45, 7) is 6.45. The number of benzene rings is 2. The van der Waals surface area contributed by atoms with E-state index < -0.39 is 11.8 Å². The number of rotatable bonds is 8. The van der Waals surface area contributed by atoms with Gasteiger partial charge in [-0.25, -0.2) is 0 Å². The van der Waals surface area contributed by atoms with Gasteiger partial charge in [-0.05, 0) is 70.3 Å². The maximum Gasteiger partial charge on any atom is 0.276 e. The molecule has 7 nitrogen and oxygen atoms in total. The van der Waals surface area contributed by atoms with Crippen LogP contribution in [0.25, 0.3) is 0 Å². The second-order valence-corrected chi connectivity index (χ2v) is 8.20. The molecule has 31 heavy (non-hydrogen) atoms. The molecule has 2 aromatic carbocycles. The lowest BCUT2D eigenvalue weighted by Gasteiger charge is -2.14. The molecule has 166 valence electrons. The fraction of sp³-hybridized carbons (Fsp3) is 0.318. The van der Waals surface area contributed by atoms with Crippen LogP contribution in [0.2, 0.25) is 0 Å². The van der Waals surface area contributed by atoms with Crippen LogP contribution in [-0.2, 0) is 4.79 Å². The number of hydrazine groups is 1. The number of amides is 2. The minimum atomic E-state index is -0.455. The van der Waals surface area contributed by atoms with Crippen molar-refractivity contribution < 1.29 is 19.1 Å². The molecule has 2 rings (SSSR count). The predicted octanol–water partition coefficient (Wildman–Crippen LogP) is 4.08. The Kier molecular flexibility index (Phi) is 9.74. The van der Waals surface area contributed by atoms with E-state index in [1.807, 2.05) is 25.1 Å². The smallest absolute Gasteiger partial charge is 0.276 e. The summed E-state index contributed by atoms with van der Waals surface area (Å²) in [6, 6.07) is 12.6. The van der Waals surface area contributed by atoms with Crippen molar-refractivity contribution >= 4 is 45.1 Å². The van der Waals surface area contributed by atoms with Crippen LogP contribution < -0.4 is 25.6 Å². The molecule has 0 radical (unpaired) electrons. The lowest BCUT2D eigenvalue weighted by molar-refractivity contribution is -0.123. The highest BCUT2D eigenvalue weighted by atomic mass is 79.9. The summed E-state index contributed by atoms with van der Waals surface area (Å²) < 4.78 is 11.9. The van der Waals surface area contributed by atoms with Gasteiger partial charge in [-0.1, -0.05) is 39.0 Å². The average molecular weight is 508 g/mol. The molecule has 0 bridgehead atoms. The first-order chi connectivity index (χ1) is 14.8. The number of halogens is 1. The van der Waals surface area contributed by atoms with E-state index in [9.17, 15) is 9.59 Å². The SMILES string of the molecule is CCCOc1ccccc1C(=O)NC(=S)NNC(=O)COc1ccc(C(C)C)cc1Br. The normalized spacial score (nSPS) is 10.4. The molecule has 0 aliphatic carbocycles. The Hall–Kier alpha value is -2.65.